The van der Waals surface area contributed by atoms with Gasteiger partial charge in [0, 0.05) is 19.2 Å². The van der Waals surface area contributed by atoms with Crippen LogP contribution in [0.15, 0.2) is 36.9 Å². The minimum atomic E-state index is -0.0524. The zero-order valence-corrected chi connectivity index (χ0v) is 15.6. The lowest BCUT2D eigenvalue weighted by atomic mass is 10.1. The Hall–Kier alpha value is -2.96. The molecule has 0 fully saturated rings. The third-order valence-electron chi connectivity index (χ3n) is 4.71. The molecule has 0 saturated carbocycles. The first kappa shape index (κ1) is 17.8. The van der Waals surface area contributed by atoms with Gasteiger partial charge in [0.2, 0.25) is 5.91 Å². The monoisotopic (exact) mass is 352 g/mol. The van der Waals surface area contributed by atoms with E-state index < -0.39 is 0 Å². The average molecular weight is 352 g/mol. The van der Waals surface area contributed by atoms with Crippen LogP contribution in [0.2, 0.25) is 0 Å². The number of amides is 1. The molecule has 7 nitrogen and oxygen atoms in total. The lowest BCUT2D eigenvalue weighted by Crippen LogP contribution is -2.26. The van der Waals surface area contributed by atoms with Crippen molar-refractivity contribution < 1.29 is 4.79 Å². The van der Waals surface area contributed by atoms with Crippen molar-refractivity contribution in [2.45, 2.75) is 39.7 Å². The molecule has 0 radical (unpaired) electrons. The number of carbonyl (C=O) groups excluding carboxylic acids is 1. The van der Waals surface area contributed by atoms with Gasteiger partial charge in [-0.1, -0.05) is 12.1 Å². The highest BCUT2D eigenvalue weighted by atomic mass is 16.1. The van der Waals surface area contributed by atoms with Gasteiger partial charge in [0.25, 0.3) is 0 Å². The first-order valence-corrected chi connectivity index (χ1v) is 8.69. The molecule has 3 aromatic rings. The van der Waals surface area contributed by atoms with Crippen molar-refractivity contribution in [3.05, 3.63) is 59.4 Å². The quantitative estimate of drug-likeness (QED) is 0.739. The second kappa shape index (κ2) is 7.51. The van der Waals surface area contributed by atoms with Crippen molar-refractivity contribution in [1.82, 2.24) is 29.9 Å². The Kier molecular flexibility index (Phi) is 5.16. The molecule has 0 aliphatic rings. The number of aromatic nitrogens is 5. The Morgan fingerprint density at radius 2 is 1.96 bits per heavy atom. The lowest BCUT2D eigenvalue weighted by molar-refractivity contribution is -0.121. The van der Waals surface area contributed by atoms with Crippen molar-refractivity contribution in [3.63, 3.8) is 0 Å². The van der Waals surface area contributed by atoms with Crippen molar-refractivity contribution >= 4 is 5.91 Å². The van der Waals surface area contributed by atoms with Crippen LogP contribution in [0.5, 0.6) is 0 Å². The molecule has 1 amide bonds. The fourth-order valence-electron chi connectivity index (χ4n) is 3.07. The summed E-state index contributed by atoms with van der Waals surface area (Å²) >= 11 is 0. The van der Waals surface area contributed by atoms with Crippen LogP contribution in [-0.2, 0) is 18.3 Å². The standard InChI is InChI=1S/C19H24N6O/c1-13(16-5-7-17(8-6-16)25-12-20-11-21-25)22-19(26)10-9-18-14(2)23-24(4)15(18)3/h5-8,11-13H,9-10H2,1-4H3,(H,22,26)/t13-/m1/s1. The highest BCUT2D eigenvalue weighted by Crippen LogP contribution is 2.17. The summed E-state index contributed by atoms with van der Waals surface area (Å²) in [6.45, 7) is 6.01. The van der Waals surface area contributed by atoms with Crippen LogP contribution in [-0.4, -0.2) is 30.5 Å². The number of nitrogens with one attached hydrogen (secondary N) is 1. The van der Waals surface area contributed by atoms with Gasteiger partial charge >= 0.3 is 0 Å². The van der Waals surface area contributed by atoms with Crippen molar-refractivity contribution in [2.75, 3.05) is 0 Å². The normalized spacial score (nSPS) is 12.2. The molecule has 0 unspecified atom stereocenters. The van der Waals surface area contributed by atoms with Crippen LogP contribution >= 0.6 is 0 Å². The molecule has 0 bridgehead atoms. The molecule has 136 valence electrons. The van der Waals surface area contributed by atoms with E-state index in [2.05, 4.69) is 20.5 Å². The van der Waals surface area contributed by atoms with E-state index in [4.69, 9.17) is 0 Å². The maximum absolute atomic E-state index is 12.3. The smallest absolute Gasteiger partial charge is 0.220 e. The van der Waals surface area contributed by atoms with Crippen LogP contribution in [0.3, 0.4) is 0 Å². The Morgan fingerprint density at radius 3 is 2.54 bits per heavy atom. The zero-order chi connectivity index (χ0) is 18.7. The minimum absolute atomic E-state index is 0.0421. The van der Waals surface area contributed by atoms with E-state index in [0.29, 0.717) is 12.8 Å². The average Bonchev–Trinajstić information content (AvgIpc) is 3.23. The van der Waals surface area contributed by atoms with E-state index in [1.165, 1.54) is 6.33 Å². The predicted molar refractivity (Wildman–Crippen MR) is 98.9 cm³/mol. The summed E-state index contributed by atoms with van der Waals surface area (Å²) in [6, 6.07) is 7.88. The zero-order valence-electron chi connectivity index (χ0n) is 15.6. The van der Waals surface area contributed by atoms with Crippen molar-refractivity contribution in [3.8, 4) is 5.69 Å². The molecule has 3 rings (SSSR count). The summed E-state index contributed by atoms with van der Waals surface area (Å²) in [5.41, 5.74) is 5.26. The number of aryl methyl sites for hydroxylation is 2. The minimum Gasteiger partial charge on any atom is -0.350 e. The summed E-state index contributed by atoms with van der Waals surface area (Å²) < 4.78 is 3.56. The molecule has 2 aromatic heterocycles. The first-order valence-electron chi connectivity index (χ1n) is 8.69. The summed E-state index contributed by atoms with van der Waals surface area (Å²) in [5, 5.41) is 11.6. The van der Waals surface area contributed by atoms with Gasteiger partial charge < -0.3 is 5.32 Å². The molecule has 0 spiro atoms. The van der Waals surface area contributed by atoms with E-state index in [-0.39, 0.29) is 11.9 Å². The first-order chi connectivity index (χ1) is 12.5. The van der Waals surface area contributed by atoms with E-state index >= 15 is 0 Å². The van der Waals surface area contributed by atoms with Gasteiger partial charge in [-0.15, -0.1) is 0 Å². The van der Waals surface area contributed by atoms with Crippen LogP contribution in [0, 0.1) is 13.8 Å². The van der Waals surface area contributed by atoms with Crippen LogP contribution in [0.25, 0.3) is 5.69 Å². The Bertz CT molecular complexity index is 880. The van der Waals surface area contributed by atoms with Crippen LogP contribution < -0.4 is 5.32 Å². The van der Waals surface area contributed by atoms with E-state index in [0.717, 1.165) is 28.2 Å². The lowest BCUT2D eigenvalue weighted by Gasteiger charge is -2.15. The van der Waals surface area contributed by atoms with Gasteiger partial charge in [0.15, 0.2) is 0 Å². The van der Waals surface area contributed by atoms with E-state index in [9.17, 15) is 4.79 Å². The molecule has 0 aliphatic heterocycles. The molecule has 0 aliphatic carbocycles. The maximum Gasteiger partial charge on any atom is 0.220 e. The maximum atomic E-state index is 12.3. The molecule has 1 aromatic carbocycles. The third-order valence-corrected chi connectivity index (χ3v) is 4.71. The van der Waals surface area contributed by atoms with E-state index in [1.54, 1.807) is 11.0 Å². The highest BCUT2D eigenvalue weighted by Gasteiger charge is 2.13. The van der Waals surface area contributed by atoms with Crippen molar-refractivity contribution in [1.29, 1.82) is 0 Å². The molecule has 7 heteroatoms. The molecular weight excluding hydrogens is 328 g/mol. The topological polar surface area (TPSA) is 77.6 Å². The van der Waals surface area contributed by atoms with Crippen LogP contribution in [0.1, 0.15) is 41.9 Å². The van der Waals surface area contributed by atoms with Gasteiger partial charge in [-0.05, 0) is 50.5 Å². The molecule has 2 heterocycles. The molecule has 1 atom stereocenters. The largest absolute Gasteiger partial charge is 0.350 e. The number of nitrogens with zero attached hydrogens (tertiary/aromatic N) is 5. The van der Waals surface area contributed by atoms with E-state index in [1.807, 2.05) is 56.8 Å². The summed E-state index contributed by atoms with van der Waals surface area (Å²) in [4.78, 5) is 16.3. The van der Waals surface area contributed by atoms with Gasteiger partial charge in [-0.2, -0.15) is 10.2 Å². The Balaban J connectivity index is 1.57. The highest BCUT2D eigenvalue weighted by molar-refractivity contribution is 5.76. The number of hydrogen-bond donors (Lipinski definition) is 1. The van der Waals surface area contributed by atoms with Crippen molar-refractivity contribution in [2.24, 2.45) is 7.05 Å². The fraction of sp³-hybridized carbons (Fsp3) is 0.368. The van der Waals surface area contributed by atoms with Gasteiger partial charge in [-0.25, -0.2) is 9.67 Å². The number of hydrogen-bond acceptors (Lipinski definition) is 4. The SMILES string of the molecule is Cc1nn(C)c(C)c1CCC(=O)N[C@H](C)c1ccc(-n2cncn2)cc1. The molecule has 26 heavy (non-hydrogen) atoms. The molecule has 0 saturated heterocycles. The second-order valence-electron chi connectivity index (χ2n) is 6.49. The predicted octanol–water partition coefficient (Wildman–Crippen LogP) is 2.43. The second-order valence-corrected chi connectivity index (χ2v) is 6.49. The van der Waals surface area contributed by atoms with Gasteiger partial charge in [0.1, 0.15) is 12.7 Å². The summed E-state index contributed by atoms with van der Waals surface area (Å²) in [5.74, 6) is 0.0421. The number of carbonyl (C=O) groups is 1. The third kappa shape index (κ3) is 3.82. The summed E-state index contributed by atoms with van der Waals surface area (Å²) in [6.07, 6.45) is 4.31. The van der Waals surface area contributed by atoms with Gasteiger partial charge in [0.05, 0.1) is 17.4 Å². The Labute approximate surface area is 153 Å². The molecular formula is C19H24N6O. The van der Waals surface area contributed by atoms with Crippen LogP contribution in [0.4, 0.5) is 0 Å². The number of rotatable bonds is 6. The fourth-order valence-corrected chi connectivity index (χ4v) is 3.07. The molecule has 1 N–H and O–H groups in total. The summed E-state index contributed by atoms with van der Waals surface area (Å²) in [7, 11) is 1.93. The van der Waals surface area contributed by atoms with Gasteiger partial charge in [-0.3, -0.25) is 9.48 Å². The Morgan fingerprint density at radius 1 is 1.23 bits per heavy atom. The number of benzene rings is 1.